The van der Waals surface area contributed by atoms with Gasteiger partial charge < -0.3 is 18.9 Å². The molecular weight excluding hydrogens is 382 g/mol. The van der Waals surface area contributed by atoms with Crippen LogP contribution in [0.2, 0.25) is 0 Å². The summed E-state index contributed by atoms with van der Waals surface area (Å²) in [7, 11) is -2.06. The predicted molar refractivity (Wildman–Crippen MR) is 102 cm³/mol. The number of nitrogens with zero attached hydrogens (tertiary/aromatic N) is 1. The van der Waals surface area contributed by atoms with Gasteiger partial charge in [0.2, 0.25) is 0 Å². The second-order valence-corrected chi connectivity index (χ2v) is 9.77. The standard InChI is InChI=1S/C20H29NO6S/c1-21(10-5-11-28(24,25)26)16-8-9-17(21)13-18(12-16)27-20(23)19(14-22)15-6-3-2-4-7-15/h2-4,6-7,16-19,22H,5,8-14H2,1H3/t16-,17+,18+,19?,21?. The van der Waals surface area contributed by atoms with Crippen molar-refractivity contribution in [1.29, 1.82) is 0 Å². The minimum absolute atomic E-state index is 0.183. The molecule has 0 aromatic heterocycles. The van der Waals surface area contributed by atoms with Crippen LogP contribution in [0, 0.1) is 0 Å². The lowest BCUT2D eigenvalue weighted by molar-refractivity contribution is -0.949. The van der Waals surface area contributed by atoms with E-state index in [2.05, 4.69) is 7.05 Å². The molecule has 156 valence electrons. The molecule has 2 heterocycles. The van der Waals surface area contributed by atoms with Crippen molar-refractivity contribution in [2.75, 3.05) is 26.0 Å². The van der Waals surface area contributed by atoms with E-state index in [4.69, 9.17) is 4.74 Å². The molecule has 1 aromatic rings. The molecule has 7 nitrogen and oxygen atoms in total. The number of carbonyl (C=O) groups is 1. The highest BCUT2D eigenvalue weighted by Crippen LogP contribution is 2.42. The number of fused-ring (bicyclic) bond motifs is 2. The summed E-state index contributed by atoms with van der Waals surface area (Å²) >= 11 is 0. The highest BCUT2D eigenvalue weighted by Gasteiger charge is 2.52. The number of rotatable bonds is 8. The molecule has 2 aliphatic heterocycles. The first-order chi connectivity index (χ1) is 13.2. The second-order valence-electron chi connectivity index (χ2n) is 8.25. The topological polar surface area (TPSA) is 104 Å². The number of carbonyl (C=O) groups excluding carboxylic acids is 1. The highest BCUT2D eigenvalue weighted by atomic mass is 32.2. The number of esters is 1. The molecule has 2 aliphatic rings. The van der Waals surface area contributed by atoms with Crippen LogP contribution in [0.3, 0.4) is 0 Å². The molecule has 3 rings (SSSR count). The maximum Gasteiger partial charge on any atom is 0.316 e. The van der Waals surface area contributed by atoms with Crippen LogP contribution >= 0.6 is 0 Å². The van der Waals surface area contributed by atoms with Gasteiger partial charge in [-0.1, -0.05) is 30.3 Å². The van der Waals surface area contributed by atoms with Gasteiger partial charge in [0.25, 0.3) is 0 Å². The van der Waals surface area contributed by atoms with Gasteiger partial charge in [-0.15, -0.1) is 0 Å². The van der Waals surface area contributed by atoms with E-state index >= 15 is 0 Å². The number of hydrogen-bond donors (Lipinski definition) is 1. The molecule has 8 heteroatoms. The SMILES string of the molecule is C[N+]1(CCCS(=O)(=O)[O-])[C@@H]2CC[C@H]1C[C@@H](OC(=O)C(CO)c1ccccc1)C2. The molecule has 2 fully saturated rings. The fourth-order valence-electron chi connectivity index (χ4n) is 4.98. The molecule has 0 aliphatic carbocycles. The van der Waals surface area contributed by atoms with Crippen LogP contribution in [0.1, 0.15) is 43.6 Å². The van der Waals surface area contributed by atoms with Crippen molar-refractivity contribution < 1.29 is 32.1 Å². The number of ether oxygens (including phenoxy) is 1. The lowest BCUT2D eigenvalue weighted by atomic mass is 9.95. The molecule has 0 radical (unpaired) electrons. The number of hydrogen-bond acceptors (Lipinski definition) is 6. The van der Waals surface area contributed by atoms with Crippen molar-refractivity contribution in [2.45, 2.75) is 56.2 Å². The van der Waals surface area contributed by atoms with Crippen molar-refractivity contribution in [1.82, 2.24) is 0 Å². The zero-order chi connectivity index (χ0) is 20.4. The van der Waals surface area contributed by atoms with Gasteiger partial charge in [-0.05, 0) is 5.56 Å². The smallest absolute Gasteiger partial charge is 0.316 e. The maximum atomic E-state index is 12.6. The van der Waals surface area contributed by atoms with E-state index in [1.165, 1.54) is 0 Å². The summed E-state index contributed by atoms with van der Waals surface area (Å²) in [5, 5.41) is 9.66. The Morgan fingerprint density at radius 2 is 1.86 bits per heavy atom. The highest BCUT2D eigenvalue weighted by molar-refractivity contribution is 7.85. The molecule has 28 heavy (non-hydrogen) atoms. The first kappa shape index (κ1) is 21.2. The maximum absolute atomic E-state index is 12.6. The van der Waals surface area contributed by atoms with Crippen molar-refractivity contribution in [2.24, 2.45) is 0 Å². The van der Waals surface area contributed by atoms with Crippen LogP contribution in [0.5, 0.6) is 0 Å². The van der Waals surface area contributed by atoms with Crippen molar-refractivity contribution >= 4 is 16.1 Å². The van der Waals surface area contributed by atoms with E-state index in [1.54, 1.807) is 0 Å². The number of aliphatic hydroxyl groups is 1. The van der Waals surface area contributed by atoms with Crippen LogP contribution in [-0.4, -0.2) is 72.7 Å². The van der Waals surface area contributed by atoms with Gasteiger partial charge in [-0.25, -0.2) is 8.42 Å². The second kappa shape index (κ2) is 8.49. The van der Waals surface area contributed by atoms with E-state index in [1.807, 2.05) is 30.3 Å². The summed E-state index contributed by atoms with van der Waals surface area (Å²) in [4.78, 5) is 12.6. The largest absolute Gasteiger partial charge is 0.748 e. The van der Waals surface area contributed by atoms with Crippen molar-refractivity contribution in [3.05, 3.63) is 35.9 Å². The Morgan fingerprint density at radius 1 is 1.25 bits per heavy atom. The van der Waals surface area contributed by atoms with Crippen molar-refractivity contribution in [3.8, 4) is 0 Å². The fourth-order valence-corrected chi connectivity index (χ4v) is 5.47. The van der Waals surface area contributed by atoms with Gasteiger partial charge in [-0.2, -0.15) is 0 Å². The van der Waals surface area contributed by atoms with E-state index in [9.17, 15) is 22.9 Å². The van der Waals surface area contributed by atoms with Gasteiger partial charge in [0, 0.05) is 37.9 Å². The molecule has 5 atom stereocenters. The third-order valence-corrected chi connectivity index (χ3v) is 7.35. The Labute approximate surface area is 166 Å². The van der Waals surface area contributed by atoms with Crippen LogP contribution < -0.4 is 0 Å². The quantitative estimate of drug-likeness (QED) is 0.394. The van der Waals surface area contributed by atoms with Gasteiger partial charge in [-0.3, -0.25) is 4.79 Å². The van der Waals surface area contributed by atoms with Gasteiger partial charge >= 0.3 is 5.97 Å². The molecule has 0 saturated carbocycles. The van der Waals surface area contributed by atoms with Crippen LogP contribution in [0.25, 0.3) is 0 Å². The zero-order valence-electron chi connectivity index (χ0n) is 16.2. The summed E-state index contributed by atoms with van der Waals surface area (Å²) < 4.78 is 39.2. The Kier molecular flexibility index (Phi) is 6.44. The third-order valence-electron chi connectivity index (χ3n) is 6.56. The minimum Gasteiger partial charge on any atom is -0.748 e. The molecule has 1 N–H and O–H groups in total. The summed E-state index contributed by atoms with van der Waals surface area (Å²) in [5.41, 5.74) is 0.744. The summed E-state index contributed by atoms with van der Waals surface area (Å²) in [6.45, 7) is 0.362. The summed E-state index contributed by atoms with van der Waals surface area (Å²) in [6.07, 6.45) is 3.67. The number of aliphatic hydroxyl groups excluding tert-OH is 1. The summed E-state index contributed by atoms with van der Waals surface area (Å²) in [6, 6.07) is 9.74. The predicted octanol–water partition coefficient (Wildman–Crippen LogP) is 1.38. The van der Waals surface area contributed by atoms with E-state index in [0.717, 1.165) is 35.7 Å². The Bertz CT molecular complexity index is 767. The number of benzene rings is 1. The van der Waals surface area contributed by atoms with Gasteiger partial charge in [0.15, 0.2) is 0 Å². The first-order valence-electron chi connectivity index (χ1n) is 9.87. The van der Waals surface area contributed by atoms with E-state index in [0.29, 0.717) is 25.0 Å². The molecule has 0 amide bonds. The monoisotopic (exact) mass is 411 g/mol. The van der Waals surface area contributed by atoms with Gasteiger partial charge in [0.1, 0.15) is 12.0 Å². The Balaban J connectivity index is 1.60. The lowest BCUT2D eigenvalue weighted by Gasteiger charge is -2.47. The molecule has 2 unspecified atom stereocenters. The van der Waals surface area contributed by atoms with E-state index in [-0.39, 0.29) is 18.5 Å². The lowest BCUT2D eigenvalue weighted by Crippen LogP contribution is -2.59. The third kappa shape index (κ3) is 4.74. The molecule has 2 saturated heterocycles. The fraction of sp³-hybridized carbons (Fsp3) is 0.650. The molecule has 1 aromatic carbocycles. The minimum atomic E-state index is -4.18. The molecular formula is C20H29NO6S. The first-order valence-corrected chi connectivity index (χ1v) is 11.5. The zero-order valence-corrected chi connectivity index (χ0v) is 17.0. The number of quaternary nitrogens is 1. The average molecular weight is 412 g/mol. The molecule has 2 bridgehead atoms. The average Bonchev–Trinajstić information content (AvgIpc) is 2.80. The van der Waals surface area contributed by atoms with Gasteiger partial charge in [0.05, 0.1) is 42.4 Å². The Hall–Kier alpha value is -1.48. The Morgan fingerprint density at radius 3 is 2.39 bits per heavy atom. The van der Waals surface area contributed by atoms with E-state index < -0.39 is 22.0 Å². The summed E-state index contributed by atoms with van der Waals surface area (Å²) in [5.74, 6) is -1.40. The normalized spacial score (nSPS) is 30.8. The van der Waals surface area contributed by atoms with Crippen LogP contribution in [0.15, 0.2) is 30.3 Å². The molecule has 0 spiro atoms. The number of piperidine rings is 1. The van der Waals surface area contributed by atoms with Crippen LogP contribution in [-0.2, 0) is 19.6 Å². The van der Waals surface area contributed by atoms with Crippen molar-refractivity contribution in [3.63, 3.8) is 0 Å². The van der Waals surface area contributed by atoms with Crippen LogP contribution in [0.4, 0.5) is 0 Å².